The van der Waals surface area contributed by atoms with Crippen LogP contribution in [0.2, 0.25) is 0 Å². The topological polar surface area (TPSA) is 16.1 Å². The first-order valence-electron chi connectivity index (χ1n) is 4.56. The minimum atomic E-state index is 0.216. The smallest absolute Gasteiger partial charge is 0.128 e. The van der Waals surface area contributed by atoms with E-state index in [1.807, 2.05) is 26.1 Å². The average molecular weight is 278 g/mol. The van der Waals surface area contributed by atoms with Gasteiger partial charge in [-0.05, 0) is 41.4 Å². The number of aromatic nitrogens is 1. The molecule has 1 atom stereocenters. The van der Waals surface area contributed by atoms with E-state index in [9.17, 15) is 0 Å². The molecule has 0 spiro atoms. The van der Waals surface area contributed by atoms with E-state index in [1.165, 1.54) is 0 Å². The lowest BCUT2D eigenvalue weighted by Crippen LogP contribution is -2.21. The predicted octanol–water partition coefficient (Wildman–Crippen LogP) is 3.30. The van der Waals surface area contributed by atoms with Crippen LogP contribution in [-0.2, 0) is 0 Å². The van der Waals surface area contributed by atoms with E-state index >= 15 is 0 Å². The van der Waals surface area contributed by atoms with E-state index in [4.69, 9.17) is 11.6 Å². The van der Waals surface area contributed by atoms with E-state index < -0.39 is 0 Å². The number of rotatable bonds is 4. The standard InChI is InChI=1S/C10H14BrClN2/c1-8(12)5-6-14(2)10-4-3-9(11)7-13-10/h3-4,7-8H,5-6H2,1-2H3. The third-order valence-corrected chi connectivity index (χ3v) is 2.65. The molecule has 0 saturated carbocycles. The lowest BCUT2D eigenvalue weighted by Gasteiger charge is -2.18. The van der Waals surface area contributed by atoms with Gasteiger partial charge in [-0.15, -0.1) is 11.6 Å². The van der Waals surface area contributed by atoms with Crippen molar-refractivity contribution >= 4 is 33.3 Å². The summed E-state index contributed by atoms with van der Waals surface area (Å²) in [5.41, 5.74) is 0. The summed E-state index contributed by atoms with van der Waals surface area (Å²) >= 11 is 9.23. The molecule has 1 aromatic heterocycles. The average Bonchev–Trinajstić information content (AvgIpc) is 2.15. The quantitative estimate of drug-likeness (QED) is 0.785. The van der Waals surface area contributed by atoms with Crippen LogP contribution in [0.5, 0.6) is 0 Å². The molecule has 0 bridgehead atoms. The Kier molecular flexibility index (Phi) is 4.69. The third-order valence-electron chi connectivity index (χ3n) is 1.97. The van der Waals surface area contributed by atoms with Gasteiger partial charge in [-0.25, -0.2) is 4.98 Å². The van der Waals surface area contributed by atoms with E-state index in [2.05, 4.69) is 25.8 Å². The monoisotopic (exact) mass is 276 g/mol. The number of alkyl halides is 1. The van der Waals surface area contributed by atoms with Crippen LogP contribution in [0.25, 0.3) is 0 Å². The Morgan fingerprint density at radius 1 is 1.57 bits per heavy atom. The van der Waals surface area contributed by atoms with Crippen LogP contribution in [0.4, 0.5) is 5.82 Å². The van der Waals surface area contributed by atoms with Crippen molar-refractivity contribution in [1.29, 1.82) is 0 Å². The first-order valence-corrected chi connectivity index (χ1v) is 5.79. The van der Waals surface area contributed by atoms with Crippen LogP contribution in [0.3, 0.4) is 0 Å². The Morgan fingerprint density at radius 2 is 2.29 bits per heavy atom. The Labute approximate surface area is 98.4 Å². The molecule has 14 heavy (non-hydrogen) atoms. The van der Waals surface area contributed by atoms with Gasteiger partial charge in [0, 0.05) is 29.6 Å². The van der Waals surface area contributed by atoms with E-state index in [0.29, 0.717) is 0 Å². The van der Waals surface area contributed by atoms with Crippen molar-refractivity contribution in [2.75, 3.05) is 18.5 Å². The second kappa shape index (κ2) is 5.56. The molecule has 4 heteroatoms. The summed E-state index contributed by atoms with van der Waals surface area (Å²) in [5, 5.41) is 0.216. The highest BCUT2D eigenvalue weighted by atomic mass is 79.9. The molecule has 0 aliphatic rings. The second-order valence-electron chi connectivity index (χ2n) is 3.33. The Hall–Kier alpha value is -0.280. The summed E-state index contributed by atoms with van der Waals surface area (Å²) < 4.78 is 1.00. The van der Waals surface area contributed by atoms with E-state index in [-0.39, 0.29) is 5.38 Å². The van der Waals surface area contributed by atoms with Crippen LogP contribution in [0.1, 0.15) is 13.3 Å². The van der Waals surface area contributed by atoms with Crippen LogP contribution < -0.4 is 4.90 Å². The second-order valence-corrected chi connectivity index (χ2v) is 4.99. The fourth-order valence-corrected chi connectivity index (χ4v) is 1.41. The van der Waals surface area contributed by atoms with Crippen molar-refractivity contribution in [3.8, 4) is 0 Å². The molecule has 78 valence electrons. The van der Waals surface area contributed by atoms with Crippen LogP contribution in [0.15, 0.2) is 22.8 Å². The number of hydrogen-bond donors (Lipinski definition) is 0. The van der Waals surface area contributed by atoms with Gasteiger partial charge in [-0.3, -0.25) is 0 Å². The van der Waals surface area contributed by atoms with E-state index in [0.717, 1.165) is 23.3 Å². The molecule has 0 aliphatic heterocycles. The molecular weight excluding hydrogens is 263 g/mol. The van der Waals surface area contributed by atoms with Crippen molar-refractivity contribution in [3.63, 3.8) is 0 Å². The first kappa shape index (κ1) is 11.8. The summed E-state index contributed by atoms with van der Waals surface area (Å²) in [6.07, 6.45) is 2.77. The highest BCUT2D eigenvalue weighted by Crippen LogP contribution is 2.14. The van der Waals surface area contributed by atoms with Gasteiger partial charge in [0.2, 0.25) is 0 Å². The normalized spacial score (nSPS) is 12.6. The highest BCUT2D eigenvalue weighted by Gasteiger charge is 2.03. The molecule has 0 radical (unpaired) electrons. The van der Waals surface area contributed by atoms with Crippen molar-refractivity contribution in [3.05, 3.63) is 22.8 Å². The maximum atomic E-state index is 5.88. The van der Waals surface area contributed by atoms with Gasteiger partial charge in [0.15, 0.2) is 0 Å². The molecule has 2 nitrogen and oxygen atoms in total. The zero-order valence-electron chi connectivity index (χ0n) is 8.37. The molecule has 1 unspecified atom stereocenters. The maximum absolute atomic E-state index is 5.88. The van der Waals surface area contributed by atoms with Crippen LogP contribution in [-0.4, -0.2) is 24.0 Å². The molecule has 1 rings (SSSR count). The van der Waals surface area contributed by atoms with Gasteiger partial charge in [0.25, 0.3) is 0 Å². The minimum Gasteiger partial charge on any atom is -0.360 e. The molecule has 0 N–H and O–H groups in total. The number of pyridine rings is 1. The molecule has 0 aliphatic carbocycles. The highest BCUT2D eigenvalue weighted by molar-refractivity contribution is 9.10. The number of nitrogens with zero attached hydrogens (tertiary/aromatic N) is 2. The Balaban J connectivity index is 2.52. The lowest BCUT2D eigenvalue weighted by atomic mass is 10.3. The fraction of sp³-hybridized carbons (Fsp3) is 0.500. The zero-order valence-corrected chi connectivity index (χ0v) is 10.7. The van der Waals surface area contributed by atoms with Crippen molar-refractivity contribution in [2.45, 2.75) is 18.7 Å². The summed E-state index contributed by atoms with van der Waals surface area (Å²) in [6, 6.07) is 3.98. The van der Waals surface area contributed by atoms with Crippen LogP contribution >= 0.6 is 27.5 Å². The maximum Gasteiger partial charge on any atom is 0.128 e. The molecule has 0 amide bonds. The van der Waals surface area contributed by atoms with Gasteiger partial charge in [-0.2, -0.15) is 0 Å². The summed E-state index contributed by atoms with van der Waals surface area (Å²) in [4.78, 5) is 6.39. The SMILES string of the molecule is CC(Cl)CCN(C)c1ccc(Br)cn1. The Morgan fingerprint density at radius 3 is 2.79 bits per heavy atom. The summed E-state index contributed by atoms with van der Waals surface area (Å²) in [6.45, 7) is 2.93. The largest absolute Gasteiger partial charge is 0.360 e. The number of halogens is 2. The number of anilines is 1. The zero-order chi connectivity index (χ0) is 10.6. The lowest BCUT2D eigenvalue weighted by molar-refractivity contribution is 0.765. The van der Waals surface area contributed by atoms with Crippen LogP contribution in [0, 0.1) is 0 Å². The molecule has 1 heterocycles. The Bertz CT molecular complexity index is 274. The predicted molar refractivity (Wildman–Crippen MR) is 65.1 cm³/mol. The molecule has 1 aromatic rings. The first-order chi connectivity index (χ1) is 6.59. The molecule has 0 fully saturated rings. The summed E-state index contributed by atoms with van der Waals surface area (Å²) in [5.74, 6) is 0.977. The molecular formula is C10H14BrClN2. The van der Waals surface area contributed by atoms with Crippen molar-refractivity contribution < 1.29 is 0 Å². The van der Waals surface area contributed by atoms with E-state index in [1.54, 1.807) is 6.20 Å². The summed E-state index contributed by atoms with van der Waals surface area (Å²) in [7, 11) is 2.02. The van der Waals surface area contributed by atoms with Gasteiger partial charge in [-0.1, -0.05) is 0 Å². The number of hydrogen-bond acceptors (Lipinski definition) is 2. The van der Waals surface area contributed by atoms with Gasteiger partial charge in [0.05, 0.1) is 0 Å². The molecule has 0 saturated heterocycles. The van der Waals surface area contributed by atoms with Crippen molar-refractivity contribution in [2.24, 2.45) is 0 Å². The van der Waals surface area contributed by atoms with Gasteiger partial charge in [0.1, 0.15) is 5.82 Å². The third kappa shape index (κ3) is 3.84. The van der Waals surface area contributed by atoms with Gasteiger partial charge < -0.3 is 4.90 Å². The minimum absolute atomic E-state index is 0.216. The van der Waals surface area contributed by atoms with Gasteiger partial charge >= 0.3 is 0 Å². The molecule has 0 aromatic carbocycles. The van der Waals surface area contributed by atoms with Crippen molar-refractivity contribution in [1.82, 2.24) is 4.98 Å². The fourth-order valence-electron chi connectivity index (χ4n) is 1.08.